The lowest BCUT2D eigenvalue weighted by Gasteiger charge is -2.09. The van der Waals surface area contributed by atoms with E-state index >= 15 is 0 Å². The van der Waals surface area contributed by atoms with Crippen molar-refractivity contribution in [3.8, 4) is 0 Å². The third kappa shape index (κ3) is 2.95. The average Bonchev–Trinajstić information content (AvgIpc) is 2.28. The SMILES string of the molecule is O=[N+]([O-])c1ccc(C(O)CCO)c([N+](=O)[O-])c1. The number of nitro benzene ring substituents is 2. The van der Waals surface area contributed by atoms with Crippen LogP contribution >= 0.6 is 0 Å². The van der Waals surface area contributed by atoms with E-state index in [1.165, 1.54) is 0 Å². The molecule has 1 aromatic carbocycles. The van der Waals surface area contributed by atoms with Gasteiger partial charge in [0.15, 0.2) is 0 Å². The fraction of sp³-hybridized carbons (Fsp3) is 0.333. The van der Waals surface area contributed by atoms with Crippen LogP contribution in [0.25, 0.3) is 0 Å². The van der Waals surface area contributed by atoms with Crippen LogP contribution in [0.2, 0.25) is 0 Å². The molecule has 2 N–H and O–H groups in total. The van der Waals surface area contributed by atoms with Crippen LogP contribution in [-0.2, 0) is 0 Å². The second-order valence-corrected chi connectivity index (χ2v) is 3.29. The molecule has 1 aromatic rings. The highest BCUT2D eigenvalue weighted by Crippen LogP contribution is 2.30. The van der Waals surface area contributed by atoms with Gasteiger partial charge in [0.25, 0.3) is 11.4 Å². The van der Waals surface area contributed by atoms with Gasteiger partial charge in [0.1, 0.15) is 0 Å². The Bertz CT molecular complexity index is 447. The lowest BCUT2D eigenvalue weighted by atomic mass is 10.0. The largest absolute Gasteiger partial charge is 0.396 e. The van der Waals surface area contributed by atoms with Gasteiger partial charge in [-0.25, -0.2) is 0 Å². The number of nitrogens with zero attached hydrogens (tertiary/aromatic N) is 2. The summed E-state index contributed by atoms with van der Waals surface area (Å²) in [6, 6.07) is 2.98. The highest BCUT2D eigenvalue weighted by Gasteiger charge is 2.23. The van der Waals surface area contributed by atoms with Gasteiger partial charge in [0.05, 0.1) is 27.6 Å². The molecule has 92 valence electrons. The van der Waals surface area contributed by atoms with E-state index in [0.717, 1.165) is 18.2 Å². The Labute approximate surface area is 95.4 Å². The molecule has 0 radical (unpaired) electrons. The maximum absolute atomic E-state index is 10.7. The molecule has 0 amide bonds. The predicted octanol–water partition coefficient (Wildman–Crippen LogP) is 0.919. The monoisotopic (exact) mass is 242 g/mol. The first-order valence-electron chi connectivity index (χ1n) is 4.69. The Balaban J connectivity index is 3.22. The number of benzene rings is 1. The summed E-state index contributed by atoms with van der Waals surface area (Å²) < 4.78 is 0. The first-order chi connectivity index (χ1) is 7.97. The molecule has 8 nitrogen and oxygen atoms in total. The third-order valence-corrected chi connectivity index (χ3v) is 2.18. The van der Waals surface area contributed by atoms with Crippen molar-refractivity contribution in [1.29, 1.82) is 0 Å². The Hall–Kier alpha value is -2.06. The Morgan fingerprint density at radius 1 is 1.24 bits per heavy atom. The predicted molar refractivity (Wildman–Crippen MR) is 56.4 cm³/mol. The summed E-state index contributed by atoms with van der Waals surface area (Å²) in [5.41, 5.74) is -0.994. The summed E-state index contributed by atoms with van der Waals surface area (Å²) in [4.78, 5) is 19.6. The van der Waals surface area contributed by atoms with Crippen molar-refractivity contribution in [2.45, 2.75) is 12.5 Å². The van der Waals surface area contributed by atoms with Gasteiger partial charge in [0.2, 0.25) is 0 Å². The van der Waals surface area contributed by atoms with Gasteiger partial charge < -0.3 is 10.2 Å². The molecule has 1 unspecified atom stereocenters. The minimum atomic E-state index is -1.22. The molecule has 0 bridgehead atoms. The highest BCUT2D eigenvalue weighted by atomic mass is 16.6. The molecule has 0 saturated carbocycles. The van der Waals surface area contributed by atoms with Crippen LogP contribution in [0.4, 0.5) is 11.4 Å². The molecular formula is C9H10N2O6. The van der Waals surface area contributed by atoms with Crippen molar-refractivity contribution in [3.63, 3.8) is 0 Å². The minimum Gasteiger partial charge on any atom is -0.396 e. The third-order valence-electron chi connectivity index (χ3n) is 2.18. The van der Waals surface area contributed by atoms with Gasteiger partial charge in [-0.05, 0) is 6.07 Å². The van der Waals surface area contributed by atoms with Crippen LogP contribution < -0.4 is 0 Å². The molecule has 1 rings (SSSR count). The number of rotatable bonds is 5. The summed E-state index contributed by atoms with van der Waals surface area (Å²) in [5.74, 6) is 0. The topological polar surface area (TPSA) is 127 Å². The van der Waals surface area contributed by atoms with Gasteiger partial charge in [-0.2, -0.15) is 0 Å². The molecule has 0 aliphatic carbocycles. The van der Waals surface area contributed by atoms with E-state index in [-0.39, 0.29) is 18.6 Å². The summed E-state index contributed by atoms with van der Waals surface area (Å²) in [6.45, 7) is -0.338. The maximum atomic E-state index is 10.7. The summed E-state index contributed by atoms with van der Waals surface area (Å²) in [6.07, 6.45) is -1.29. The molecule has 1 atom stereocenters. The maximum Gasteiger partial charge on any atom is 0.282 e. The average molecular weight is 242 g/mol. The van der Waals surface area contributed by atoms with Crippen molar-refractivity contribution in [2.75, 3.05) is 6.61 Å². The second kappa shape index (κ2) is 5.32. The Morgan fingerprint density at radius 3 is 2.35 bits per heavy atom. The van der Waals surface area contributed by atoms with E-state index < -0.39 is 27.3 Å². The van der Waals surface area contributed by atoms with E-state index in [1.807, 2.05) is 0 Å². The molecule has 0 heterocycles. The van der Waals surface area contributed by atoms with Gasteiger partial charge in [-0.15, -0.1) is 0 Å². The first-order valence-corrected chi connectivity index (χ1v) is 4.69. The van der Waals surface area contributed by atoms with Gasteiger partial charge >= 0.3 is 0 Å². The highest BCUT2D eigenvalue weighted by molar-refractivity contribution is 5.50. The molecule has 0 spiro atoms. The summed E-state index contributed by atoms with van der Waals surface area (Å²) >= 11 is 0. The number of hydrogen-bond donors (Lipinski definition) is 2. The van der Waals surface area contributed by atoms with E-state index in [0.29, 0.717) is 0 Å². The van der Waals surface area contributed by atoms with Crippen LogP contribution in [0.5, 0.6) is 0 Å². The zero-order valence-corrected chi connectivity index (χ0v) is 8.65. The molecular weight excluding hydrogens is 232 g/mol. The van der Waals surface area contributed by atoms with Crippen molar-refractivity contribution in [2.24, 2.45) is 0 Å². The van der Waals surface area contributed by atoms with Crippen LogP contribution in [0, 0.1) is 20.2 Å². The summed E-state index contributed by atoms with van der Waals surface area (Å²) in [7, 11) is 0. The van der Waals surface area contributed by atoms with Gasteiger partial charge in [-0.3, -0.25) is 20.2 Å². The Morgan fingerprint density at radius 2 is 1.88 bits per heavy atom. The fourth-order valence-corrected chi connectivity index (χ4v) is 1.36. The first kappa shape index (κ1) is 13.0. The lowest BCUT2D eigenvalue weighted by Crippen LogP contribution is -2.05. The van der Waals surface area contributed by atoms with Gasteiger partial charge in [0, 0.05) is 19.1 Å². The molecule has 0 fully saturated rings. The number of aliphatic hydroxyl groups is 2. The Kier molecular flexibility index (Phi) is 4.07. The molecule has 8 heteroatoms. The second-order valence-electron chi connectivity index (χ2n) is 3.29. The lowest BCUT2D eigenvalue weighted by molar-refractivity contribution is -0.394. The van der Waals surface area contributed by atoms with Crippen LogP contribution in [0.1, 0.15) is 18.1 Å². The zero-order chi connectivity index (χ0) is 13.0. The summed E-state index contributed by atoms with van der Waals surface area (Å²) in [5, 5.41) is 39.4. The van der Waals surface area contributed by atoms with Crippen LogP contribution in [-0.4, -0.2) is 26.7 Å². The number of aliphatic hydroxyl groups excluding tert-OH is 2. The number of hydrogen-bond acceptors (Lipinski definition) is 6. The van der Waals surface area contributed by atoms with E-state index in [9.17, 15) is 25.3 Å². The van der Waals surface area contributed by atoms with Crippen molar-refractivity contribution < 1.29 is 20.1 Å². The molecule has 17 heavy (non-hydrogen) atoms. The standard InChI is InChI=1S/C9H10N2O6/c12-4-3-9(13)7-2-1-6(10(14)15)5-8(7)11(16)17/h1-2,5,9,12-13H,3-4H2. The molecule has 0 aliphatic rings. The fourth-order valence-electron chi connectivity index (χ4n) is 1.36. The molecule has 0 aliphatic heterocycles. The van der Waals surface area contributed by atoms with Crippen molar-refractivity contribution in [3.05, 3.63) is 44.0 Å². The van der Waals surface area contributed by atoms with Gasteiger partial charge in [-0.1, -0.05) is 0 Å². The quantitative estimate of drug-likeness (QED) is 0.583. The van der Waals surface area contributed by atoms with Crippen molar-refractivity contribution in [1.82, 2.24) is 0 Å². The smallest absolute Gasteiger partial charge is 0.282 e. The van der Waals surface area contributed by atoms with E-state index in [2.05, 4.69) is 0 Å². The normalized spacial score (nSPS) is 12.1. The number of non-ortho nitro benzene ring substituents is 1. The van der Waals surface area contributed by atoms with Crippen LogP contribution in [0.3, 0.4) is 0 Å². The number of nitro groups is 2. The molecule has 0 saturated heterocycles. The van der Waals surface area contributed by atoms with E-state index in [4.69, 9.17) is 5.11 Å². The van der Waals surface area contributed by atoms with Crippen molar-refractivity contribution >= 4 is 11.4 Å². The molecule has 0 aromatic heterocycles. The van der Waals surface area contributed by atoms with Crippen LogP contribution in [0.15, 0.2) is 18.2 Å². The zero-order valence-electron chi connectivity index (χ0n) is 8.65. The van der Waals surface area contributed by atoms with E-state index in [1.54, 1.807) is 0 Å². The minimum absolute atomic E-state index is 0.0466.